The van der Waals surface area contributed by atoms with Gasteiger partial charge in [-0.15, -0.1) is 11.3 Å². The van der Waals surface area contributed by atoms with Crippen LogP contribution in [0.5, 0.6) is 5.75 Å². The molecule has 28 heavy (non-hydrogen) atoms. The van der Waals surface area contributed by atoms with E-state index in [9.17, 15) is 9.59 Å². The van der Waals surface area contributed by atoms with Crippen LogP contribution in [0.1, 0.15) is 15.5 Å². The number of carbonyl (C=O) groups excluding carboxylic acids is 2. The van der Waals surface area contributed by atoms with E-state index in [1.54, 1.807) is 41.8 Å². The van der Waals surface area contributed by atoms with Crippen molar-refractivity contribution in [2.75, 3.05) is 0 Å². The Balaban J connectivity index is 1.44. The smallest absolute Gasteiger partial charge is 0.296 e. The molecule has 2 aliphatic rings. The van der Waals surface area contributed by atoms with Crippen molar-refractivity contribution in [2.45, 2.75) is 6.61 Å². The molecule has 2 heterocycles. The standard InChI is InChI=1S/C19H11ClN4O3S/c20-11-1-4-13(5-2-11)27-8-17-24-16(9-28-17)19(26)23-12-3-6-15-14(7-12)18(25)22-10-21-15/h1-7,9-10H,8H2. The summed E-state index contributed by atoms with van der Waals surface area (Å²) >= 11 is 7.14. The number of nitrogens with zero attached hydrogens (tertiary/aromatic N) is 4. The lowest BCUT2D eigenvalue weighted by atomic mass is 10.0. The van der Waals surface area contributed by atoms with E-state index in [1.165, 1.54) is 23.8 Å². The van der Waals surface area contributed by atoms with Crippen LogP contribution in [0.2, 0.25) is 5.02 Å². The number of ether oxygens (including phenoxy) is 1. The summed E-state index contributed by atoms with van der Waals surface area (Å²) in [7, 11) is 0. The number of allylic oxidation sites excluding steroid dienone is 3. The Morgan fingerprint density at radius 2 is 2.04 bits per heavy atom. The largest absolute Gasteiger partial charge is 0.486 e. The molecule has 2 amide bonds. The molecule has 1 aliphatic carbocycles. The highest BCUT2D eigenvalue weighted by Crippen LogP contribution is 2.19. The van der Waals surface area contributed by atoms with Gasteiger partial charge in [-0.05, 0) is 42.5 Å². The predicted octanol–water partition coefficient (Wildman–Crippen LogP) is 3.46. The molecule has 0 atom stereocenters. The quantitative estimate of drug-likeness (QED) is 0.721. The number of amides is 2. The average Bonchev–Trinajstić information content (AvgIpc) is 3.17. The maximum absolute atomic E-state index is 12.4. The van der Waals surface area contributed by atoms with Gasteiger partial charge in [-0.1, -0.05) is 11.6 Å². The lowest BCUT2D eigenvalue weighted by Crippen LogP contribution is -2.18. The lowest BCUT2D eigenvalue weighted by molar-refractivity contribution is -0.113. The number of aromatic nitrogens is 1. The van der Waals surface area contributed by atoms with Gasteiger partial charge in [0.15, 0.2) is 0 Å². The van der Waals surface area contributed by atoms with Gasteiger partial charge in [-0.3, -0.25) is 9.59 Å². The highest BCUT2D eigenvalue weighted by Gasteiger charge is 2.20. The van der Waals surface area contributed by atoms with Crippen LogP contribution in [0.25, 0.3) is 0 Å². The maximum atomic E-state index is 12.4. The fraction of sp³-hybridized carbons (Fsp3) is 0.0526. The summed E-state index contributed by atoms with van der Waals surface area (Å²) in [5.41, 5.74) is 1.37. The first-order valence-corrected chi connectivity index (χ1v) is 9.35. The highest BCUT2D eigenvalue weighted by atomic mass is 35.5. The number of hydrogen-bond donors (Lipinski definition) is 0. The SMILES string of the molecule is O=C1N=CN=C2C=CC(=NC(=O)c3csc(COc4ccc(Cl)cc4)n3)C=C12. The highest BCUT2D eigenvalue weighted by molar-refractivity contribution is 7.09. The minimum atomic E-state index is -0.502. The molecule has 9 heteroatoms. The molecular weight excluding hydrogens is 400 g/mol. The van der Waals surface area contributed by atoms with Gasteiger partial charge in [0, 0.05) is 10.4 Å². The van der Waals surface area contributed by atoms with Crippen molar-refractivity contribution >= 4 is 52.5 Å². The zero-order valence-electron chi connectivity index (χ0n) is 14.2. The Morgan fingerprint density at radius 3 is 2.86 bits per heavy atom. The van der Waals surface area contributed by atoms with Crippen molar-refractivity contribution in [3.63, 3.8) is 0 Å². The van der Waals surface area contributed by atoms with Gasteiger partial charge in [-0.25, -0.2) is 15.0 Å². The second kappa shape index (κ2) is 7.79. The molecule has 0 spiro atoms. The van der Waals surface area contributed by atoms with E-state index in [0.717, 1.165) is 0 Å². The zero-order chi connectivity index (χ0) is 19.5. The van der Waals surface area contributed by atoms with E-state index in [0.29, 0.717) is 32.8 Å². The predicted molar refractivity (Wildman–Crippen MR) is 108 cm³/mol. The van der Waals surface area contributed by atoms with E-state index in [-0.39, 0.29) is 12.3 Å². The average molecular weight is 411 g/mol. The summed E-state index contributed by atoms with van der Waals surface area (Å²) in [4.78, 5) is 40.1. The number of fused-ring (bicyclic) bond motifs is 1. The van der Waals surface area contributed by atoms with Crippen LogP contribution in [-0.2, 0) is 11.4 Å². The van der Waals surface area contributed by atoms with Gasteiger partial charge in [0.05, 0.1) is 17.0 Å². The van der Waals surface area contributed by atoms with Crippen molar-refractivity contribution in [1.82, 2.24) is 4.98 Å². The number of thiazole rings is 1. The summed E-state index contributed by atoms with van der Waals surface area (Å²) in [6.07, 6.45) is 5.93. The molecule has 0 saturated carbocycles. The van der Waals surface area contributed by atoms with Crippen molar-refractivity contribution in [2.24, 2.45) is 15.0 Å². The normalized spacial score (nSPS) is 16.6. The minimum absolute atomic E-state index is 0.214. The van der Waals surface area contributed by atoms with Crippen molar-refractivity contribution in [3.05, 3.63) is 69.2 Å². The Kier molecular flexibility index (Phi) is 5.05. The molecule has 1 aromatic carbocycles. The molecule has 4 rings (SSSR count). The van der Waals surface area contributed by atoms with Gasteiger partial charge < -0.3 is 4.74 Å². The topological polar surface area (TPSA) is 93.3 Å². The Morgan fingerprint density at radius 1 is 1.21 bits per heavy atom. The fourth-order valence-electron chi connectivity index (χ4n) is 2.42. The first-order valence-electron chi connectivity index (χ1n) is 8.09. The van der Waals surface area contributed by atoms with Crippen molar-refractivity contribution in [3.8, 4) is 5.75 Å². The number of rotatable bonds is 4. The molecular formula is C19H11ClN4O3S. The van der Waals surface area contributed by atoms with E-state index >= 15 is 0 Å². The van der Waals surface area contributed by atoms with Crippen molar-refractivity contribution in [1.29, 1.82) is 0 Å². The van der Waals surface area contributed by atoms with Crippen molar-refractivity contribution < 1.29 is 14.3 Å². The second-order valence-corrected chi connectivity index (χ2v) is 7.05. The molecule has 7 nitrogen and oxygen atoms in total. The third-order valence-electron chi connectivity index (χ3n) is 3.76. The molecule has 0 radical (unpaired) electrons. The maximum Gasteiger partial charge on any atom is 0.296 e. The molecule has 0 N–H and O–H groups in total. The van der Waals surface area contributed by atoms with Gasteiger partial charge in [0.25, 0.3) is 11.8 Å². The molecule has 0 bridgehead atoms. The van der Waals surface area contributed by atoms with Gasteiger partial charge in [0.1, 0.15) is 29.4 Å². The molecule has 1 aromatic heterocycles. The number of aliphatic imine (C=N–C) groups is 3. The first kappa shape index (κ1) is 18.1. The summed E-state index contributed by atoms with van der Waals surface area (Å²) in [5.74, 6) is -0.258. The van der Waals surface area contributed by atoms with Crippen LogP contribution in [0, 0.1) is 0 Å². The number of halogens is 1. The third-order valence-corrected chi connectivity index (χ3v) is 4.83. The van der Waals surface area contributed by atoms with Crippen LogP contribution < -0.4 is 4.74 Å². The summed E-state index contributed by atoms with van der Waals surface area (Å²) in [5, 5.41) is 2.89. The van der Waals surface area contributed by atoms with Gasteiger partial charge in [0.2, 0.25) is 0 Å². The molecule has 0 unspecified atom stereocenters. The van der Waals surface area contributed by atoms with Gasteiger partial charge in [-0.2, -0.15) is 4.99 Å². The number of benzene rings is 1. The van der Waals surface area contributed by atoms with Gasteiger partial charge >= 0.3 is 0 Å². The molecule has 0 saturated heterocycles. The Bertz CT molecular complexity index is 1110. The molecule has 1 aliphatic heterocycles. The molecule has 138 valence electrons. The van der Waals surface area contributed by atoms with Crippen LogP contribution in [0.15, 0.2) is 68.4 Å². The Labute approximate surface area is 168 Å². The van der Waals surface area contributed by atoms with E-state index in [1.807, 2.05) is 0 Å². The minimum Gasteiger partial charge on any atom is -0.486 e. The monoisotopic (exact) mass is 410 g/mol. The lowest BCUT2D eigenvalue weighted by Gasteiger charge is -2.10. The molecule has 0 fully saturated rings. The second-order valence-electron chi connectivity index (χ2n) is 5.67. The summed E-state index contributed by atoms with van der Waals surface area (Å²) in [6, 6.07) is 6.97. The van der Waals surface area contributed by atoms with Crippen LogP contribution >= 0.6 is 22.9 Å². The number of hydrogen-bond acceptors (Lipinski definition) is 6. The molecule has 2 aromatic rings. The van der Waals surface area contributed by atoms with Crippen LogP contribution in [0.4, 0.5) is 0 Å². The first-order chi connectivity index (χ1) is 13.6. The van der Waals surface area contributed by atoms with E-state index in [4.69, 9.17) is 16.3 Å². The summed E-state index contributed by atoms with van der Waals surface area (Å²) in [6.45, 7) is 0.229. The Hall–Kier alpha value is -3.23. The van der Waals surface area contributed by atoms with E-state index < -0.39 is 11.8 Å². The third kappa shape index (κ3) is 4.03. The van der Waals surface area contributed by atoms with E-state index in [2.05, 4.69) is 20.0 Å². The number of carbonyl (C=O) groups is 2. The fourth-order valence-corrected chi connectivity index (χ4v) is 3.22. The zero-order valence-corrected chi connectivity index (χ0v) is 15.8. The van der Waals surface area contributed by atoms with Crippen LogP contribution in [-0.4, -0.2) is 34.6 Å². The summed E-state index contributed by atoms with van der Waals surface area (Å²) < 4.78 is 5.62. The van der Waals surface area contributed by atoms with Crippen LogP contribution in [0.3, 0.4) is 0 Å².